The van der Waals surface area contributed by atoms with Gasteiger partial charge in [0, 0.05) is 24.7 Å². The largest absolute Gasteiger partial charge is 0.416 e. The highest BCUT2D eigenvalue weighted by Gasteiger charge is 2.32. The number of hydrogen-bond donors (Lipinski definition) is 1. The van der Waals surface area contributed by atoms with Gasteiger partial charge in [0.15, 0.2) is 0 Å². The van der Waals surface area contributed by atoms with Gasteiger partial charge in [0.1, 0.15) is 0 Å². The maximum absolute atomic E-state index is 12.8. The lowest BCUT2D eigenvalue weighted by atomic mass is 9.94. The van der Waals surface area contributed by atoms with Gasteiger partial charge < -0.3 is 5.73 Å². The molecule has 0 radical (unpaired) electrons. The molecular weight excluding hydrogens is 265 g/mol. The summed E-state index contributed by atoms with van der Waals surface area (Å²) in [6.07, 6.45) is -2.50. The molecule has 5 heteroatoms. The zero-order valence-corrected chi connectivity index (χ0v) is 11.8. The van der Waals surface area contributed by atoms with Crippen molar-refractivity contribution >= 4 is 0 Å². The average molecular weight is 286 g/mol. The Kier molecular flexibility index (Phi) is 4.39. The molecule has 0 spiro atoms. The van der Waals surface area contributed by atoms with E-state index in [9.17, 15) is 13.2 Å². The topological polar surface area (TPSA) is 29.3 Å². The van der Waals surface area contributed by atoms with Crippen LogP contribution in [0.2, 0.25) is 0 Å². The molecule has 1 fully saturated rings. The Morgan fingerprint density at radius 2 is 2.05 bits per heavy atom. The van der Waals surface area contributed by atoms with Crippen LogP contribution in [0, 0.1) is 0 Å². The zero-order valence-electron chi connectivity index (χ0n) is 11.8. The number of piperidine rings is 1. The van der Waals surface area contributed by atoms with Crippen LogP contribution in [0.5, 0.6) is 0 Å². The third kappa shape index (κ3) is 3.33. The van der Waals surface area contributed by atoms with Gasteiger partial charge in [0.25, 0.3) is 0 Å². The van der Waals surface area contributed by atoms with E-state index in [1.54, 1.807) is 6.07 Å². The second-order valence-corrected chi connectivity index (χ2v) is 5.67. The zero-order chi connectivity index (χ0) is 14.9. The first kappa shape index (κ1) is 15.3. The quantitative estimate of drug-likeness (QED) is 0.900. The van der Waals surface area contributed by atoms with Gasteiger partial charge in [-0.2, -0.15) is 13.2 Å². The van der Waals surface area contributed by atoms with E-state index in [1.165, 1.54) is 12.1 Å². The lowest BCUT2D eigenvalue weighted by Crippen LogP contribution is -2.46. The number of alkyl halides is 3. The molecule has 1 aliphatic rings. The highest BCUT2D eigenvalue weighted by molar-refractivity contribution is 5.28. The van der Waals surface area contributed by atoms with Gasteiger partial charge in [-0.25, -0.2) is 0 Å². The SMILES string of the molecule is CC1CC(N)CCN1C(C)c1cccc(C(F)(F)F)c1. The van der Waals surface area contributed by atoms with Crippen LogP contribution in [0.1, 0.15) is 43.9 Å². The number of rotatable bonds is 2. The number of benzene rings is 1. The van der Waals surface area contributed by atoms with Gasteiger partial charge in [-0.1, -0.05) is 12.1 Å². The molecule has 112 valence electrons. The minimum Gasteiger partial charge on any atom is -0.328 e. The van der Waals surface area contributed by atoms with Crippen LogP contribution in [-0.4, -0.2) is 23.5 Å². The molecule has 1 aromatic rings. The molecule has 1 heterocycles. The summed E-state index contributed by atoms with van der Waals surface area (Å²) < 4.78 is 38.3. The summed E-state index contributed by atoms with van der Waals surface area (Å²) in [6, 6.07) is 6.09. The highest BCUT2D eigenvalue weighted by atomic mass is 19.4. The Hall–Kier alpha value is -1.07. The van der Waals surface area contributed by atoms with Gasteiger partial charge >= 0.3 is 6.18 Å². The number of halogens is 3. The lowest BCUT2D eigenvalue weighted by molar-refractivity contribution is -0.137. The predicted octanol–water partition coefficient (Wildman–Crippen LogP) is 3.58. The fourth-order valence-corrected chi connectivity index (χ4v) is 2.97. The standard InChI is InChI=1S/C15H21F3N2/c1-10-8-14(19)6-7-20(10)11(2)12-4-3-5-13(9-12)15(16,17)18/h3-5,9-11,14H,6-8,19H2,1-2H3. The lowest BCUT2D eigenvalue weighted by Gasteiger charge is -2.40. The average Bonchev–Trinajstić information content (AvgIpc) is 2.37. The molecule has 1 saturated heterocycles. The second kappa shape index (κ2) is 5.74. The van der Waals surface area contributed by atoms with Crippen LogP contribution in [0.15, 0.2) is 24.3 Å². The van der Waals surface area contributed by atoms with E-state index in [0.717, 1.165) is 25.5 Å². The molecule has 1 aromatic carbocycles. The third-order valence-corrected chi connectivity index (χ3v) is 4.16. The Bertz CT molecular complexity index is 459. The molecule has 2 N–H and O–H groups in total. The van der Waals surface area contributed by atoms with Crippen molar-refractivity contribution < 1.29 is 13.2 Å². The van der Waals surface area contributed by atoms with Crippen molar-refractivity contribution in [3.05, 3.63) is 35.4 Å². The van der Waals surface area contributed by atoms with E-state index in [1.807, 2.05) is 6.92 Å². The van der Waals surface area contributed by atoms with Crippen molar-refractivity contribution in [2.45, 2.75) is 51.0 Å². The van der Waals surface area contributed by atoms with Gasteiger partial charge in [0.2, 0.25) is 0 Å². The van der Waals surface area contributed by atoms with Gasteiger partial charge in [0.05, 0.1) is 5.56 Å². The van der Waals surface area contributed by atoms with Crippen molar-refractivity contribution in [2.24, 2.45) is 5.73 Å². The van der Waals surface area contributed by atoms with E-state index in [0.29, 0.717) is 11.6 Å². The molecule has 0 bridgehead atoms. The van der Waals surface area contributed by atoms with Gasteiger partial charge in [-0.3, -0.25) is 4.90 Å². The monoisotopic (exact) mass is 286 g/mol. The summed E-state index contributed by atoms with van der Waals surface area (Å²) in [7, 11) is 0. The van der Waals surface area contributed by atoms with Gasteiger partial charge in [-0.05, 0) is 44.4 Å². The molecule has 2 nitrogen and oxygen atoms in total. The smallest absolute Gasteiger partial charge is 0.328 e. The minimum absolute atomic E-state index is 0.0280. The highest BCUT2D eigenvalue weighted by Crippen LogP contribution is 2.33. The Balaban J connectivity index is 2.19. The number of nitrogens with zero attached hydrogens (tertiary/aromatic N) is 1. The normalized spacial score (nSPS) is 26.5. The van der Waals surface area contributed by atoms with Crippen LogP contribution >= 0.6 is 0 Å². The van der Waals surface area contributed by atoms with Gasteiger partial charge in [-0.15, -0.1) is 0 Å². The predicted molar refractivity (Wildman–Crippen MR) is 73.2 cm³/mol. The number of likely N-dealkylation sites (tertiary alicyclic amines) is 1. The van der Waals surface area contributed by atoms with Crippen molar-refractivity contribution in [2.75, 3.05) is 6.54 Å². The third-order valence-electron chi connectivity index (χ3n) is 4.16. The van der Waals surface area contributed by atoms with Crippen molar-refractivity contribution in [1.29, 1.82) is 0 Å². The van der Waals surface area contributed by atoms with Crippen molar-refractivity contribution in [3.8, 4) is 0 Å². The summed E-state index contributed by atoms with van der Waals surface area (Å²) in [5.41, 5.74) is 6.06. The fraction of sp³-hybridized carbons (Fsp3) is 0.600. The summed E-state index contributed by atoms with van der Waals surface area (Å²) in [5, 5.41) is 0. The molecule has 0 aromatic heterocycles. The maximum atomic E-state index is 12.8. The Morgan fingerprint density at radius 1 is 1.35 bits per heavy atom. The molecule has 0 aliphatic carbocycles. The maximum Gasteiger partial charge on any atom is 0.416 e. The summed E-state index contributed by atoms with van der Waals surface area (Å²) in [5.74, 6) is 0. The molecule has 1 aliphatic heterocycles. The van der Waals surface area contributed by atoms with Crippen LogP contribution in [0.3, 0.4) is 0 Å². The first-order chi connectivity index (χ1) is 9.29. The molecule has 3 atom stereocenters. The molecule has 0 saturated carbocycles. The minimum atomic E-state index is -4.29. The molecule has 0 amide bonds. The Morgan fingerprint density at radius 3 is 2.65 bits per heavy atom. The van der Waals surface area contributed by atoms with E-state index >= 15 is 0 Å². The molecule has 20 heavy (non-hydrogen) atoms. The van der Waals surface area contributed by atoms with Crippen molar-refractivity contribution in [3.63, 3.8) is 0 Å². The number of hydrogen-bond acceptors (Lipinski definition) is 2. The first-order valence-corrected chi connectivity index (χ1v) is 6.97. The van der Waals surface area contributed by atoms with E-state index in [4.69, 9.17) is 5.73 Å². The van der Waals surface area contributed by atoms with Crippen LogP contribution in [0.25, 0.3) is 0 Å². The number of nitrogens with two attached hydrogens (primary N) is 1. The molecular formula is C15H21F3N2. The fourth-order valence-electron chi connectivity index (χ4n) is 2.97. The van der Waals surface area contributed by atoms with Crippen LogP contribution in [-0.2, 0) is 6.18 Å². The first-order valence-electron chi connectivity index (χ1n) is 6.97. The summed E-state index contributed by atoms with van der Waals surface area (Å²) >= 11 is 0. The Labute approximate surface area is 117 Å². The van der Waals surface area contributed by atoms with E-state index in [-0.39, 0.29) is 12.1 Å². The summed E-state index contributed by atoms with van der Waals surface area (Å²) in [6.45, 7) is 4.88. The van der Waals surface area contributed by atoms with E-state index in [2.05, 4.69) is 11.8 Å². The molecule has 2 rings (SSSR count). The van der Waals surface area contributed by atoms with E-state index < -0.39 is 11.7 Å². The summed E-state index contributed by atoms with van der Waals surface area (Å²) in [4.78, 5) is 2.23. The van der Waals surface area contributed by atoms with Crippen LogP contribution in [0.4, 0.5) is 13.2 Å². The second-order valence-electron chi connectivity index (χ2n) is 5.67. The molecule has 3 unspecified atom stereocenters. The van der Waals surface area contributed by atoms with Crippen molar-refractivity contribution in [1.82, 2.24) is 4.90 Å². The van der Waals surface area contributed by atoms with Crippen LogP contribution < -0.4 is 5.73 Å².